The van der Waals surface area contributed by atoms with Crippen molar-refractivity contribution in [2.75, 3.05) is 11.1 Å². The highest BCUT2D eigenvalue weighted by Crippen LogP contribution is 2.25. The number of carbonyl (C=O) groups excluding carboxylic acids is 1. The second kappa shape index (κ2) is 12.8. The number of nitrogen functional groups attached to an aromatic ring is 1. The van der Waals surface area contributed by atoms with Crippen LogP contribution >= 0.6 is 0 Å². The van der Waals surface area contributed by atoms with Gasteiger partial charge in [-0.2, -0.15) is 20.2 Å². The Morgan fingerprint density at radius 3 is 1.81 bits per heavy atom. The Morgan fingerprint density at radius 2 is 1.34 bits per heavy atom. The molecule has 0 spiro atoms. The van der Waals surface area contributed by atoms with E-state index < -0.39 is 11.7 Å². The van der Waals surface area contributed by atoms with Crippen molar-refractivity contribution in [2.24, 2.45) is 14.1 Å². The minimum atomic E-state index is -0.587. The van der Waals surface area contributed by atoms with E-state index in [1.807, 2.05) is 25.2 Å². The van der Waals surface area contributed by atoms with Crippen LogP contribution in [0.25, 0.3) is 45.6 Å². The van der Waals surface area contributed by atoms with Crippen LogP contribution in [0.2, 0.25) is 0 Å². The molecule has 15 nitrogen and oxygen atoms in total. The number of nitrogens with one attached hydrogen (secondary N) is 1. The Bertz CT molecular complexity index is 2160. The Kier molecular flexibility index (Phi) is 8.29. The average Bonchev–Trinajstić information content (AvgIpc) is 3.86. The molecule has 1 amide bonds. The molecule has 1 aromatic carbocycles. The van der Waals surface area contributed by atoms with E-state index in [1.54, 1.807) is 66.9 Å². The highest BCUT2D eigenvalue weighted by Gasteiger charge is 2.16. The first-order valence-electron chi connectivity index (χ1n) is 14.1. The van der Waals surface area contributed by atoms with Gasteiger partial charge >= 0.3 is 0 Å². The van der Waals surface area contributed by atoms with Gasteiger partial charge in [0, 0.05) is 51.5 Å². The summed E-state index contributed by atoms with van der Waals surface area (Å²) in [6, 6.07) is 16.5. The first-order valence-corrected chi connectivity index (χ1v) is 14.1. The number of aryl methyl sites for hydroxylation is 4. The van der Waals surface area contributed by atoms with E-state index in [0.717, 1.165) is 22.5 Å². The second-order valence-corrected chi connectivity index (χ2v) is 10.2. The number of hydrogen-bond donors (Lipinski definition) is 2. The van der Waals surface area contributed by atoms with Crippen molar-refractivity contribution in [1.82, 2.24) is 49.8 Å². The Morgan fingerprint density at radius 1 is 0.787 bits per heavy atom. The van der Waals surface area contributed by atoms with Gasteiger partial charge in [-0.25, -0.2) is 14.4 Å². The lowest BCUT2D eigenvalue weighted by molar-refractivity contribution is 0.102. The zero-order valence-electron chi connectivity index (χ0n) is 25.6. The monoisotopic (exact) mass is 634 g/mol. The summed E-state index contributed by atoms with van der Waals surface area (Å²) in [5.74, 6) is 1.50. The number of aromatic nitrogens is 10. The SMILES string of the molecule is Cc1nc(-c2cc(-c3ccc(N)nc3)n(C)n2)no1.Cc1nc(-c2cc(-c3ccc(NC(=O)c4ccccc4F)nc3)n(C)n2)no1. The topological polar surface area (TPSA) is 194 Å². The third-order valence-corrected chi connectivity index (χ3v) is 6.77. The van der Waals surface area contributed by atoms with Gasteiger partial charge in [-0.3, -0.25) is 14.2 Å². The van der Waals surface area contributed by atoms with Crippen LogP contribution in [0.1, 0.15) is 22.1 Å². The van der Waals surface area contributed by atoms with E-state index in [1.165, 1.54) is 18.2 Å². The normalized spacial score (nSPS) is 10.8. The molecular weight excluding hydrogens is 607 g/mol. The maximum absolute atomic E-state index is 13.7. The molecule has 0 bridgehead atoms. The lowest BCUT2D eigenvalue weighted by atomic mass is 10.2. The maximum Gasteiger partial charge on any atom is 0.259 e. The first-order chi connectivity index (χ1) is 22.6. The Balaban J connectivity index is 0.000000177. The second-order valence-electron chi connectivity index (χ2n) is 10.2. The van der Waals surface area contributed by atoms with Crippen molar-refractivity contribution >= 4 is 17.5 Å². The molecule has 0 aliphatic heterocycles. The first kappa shape index (κ1) is 30.4. The van der Waals surface area contributed by atoms with Crippen molar-refractivity contribution in [3.63, 3.8) is 0 Å². The standard InChI is InChI=1S/C19H15FN6O2.C12H12N6O/c1-11-22-18(25-28-11)15-9-16(26(2)24-15)12-7-8-17(21-10-12)23-19(27)13-5-3-4-6-14(13)20;1-7-15-12(17-19-7)9-5-10(18(2)16-9)8-3-4-11(13)14-6-8/h3-10H,1-2H3,(H,21,23,27);3-6H,1-2H3,(H2,13,14). The van der Waals surface area contributed by atoms with Gasteiger partial charge in [-0.1, -0.05) is 22.4 Å². The zero-order chi connectivity index (χ0) is 33.1. The number of pyridine rings is 2. The Hall–Kier alpha value is -6.58. The summed E-state index contributed by atoms with van der Waals surface area (Å²) in [5.41, 5.74) is 10.2. The largest absolute Gasteiger partial charge is 0.384 e. The minimum Gasteiger partial charge on any atom is -0.384 e. The number of nitrogens with two attached hydrogens (primary N) is 1. The molecule has 0 aliphatic carbocycles. The molecule has 0 unspecified atom stereocenters. The summed E-state index contributed by atoms with van der Waals surface area (Å²) in [6.45, 7) is 3.45. The zero-order valence-corrected chi connectivity index (χ0v) is 25.6. The summed E-state index contributed by atoms with van der Waals surface area (Å²) >= 11 is 0. The van der Waals surface area contributed by atoms with Crippen LogP contribution in [0.15, 0.2) is 82.1 Å². The van der Waals surface area contributed by atoms with Crippen molar-refractivity contribution in [3.8, 4) is 45.6 Å². The van der Waals surface area contributed by atoms with Gasteiger partial charge in [0.1, 0.15) is 28.8 Å². The number of hydrogen-bond acceptors (Lipinski definition) is 12. The number of halogens is 1. The van der Waals surface area contributed by atoms with Gasteiger partial charge in [0.15, 0.2) is 0 Å². The van der Waals surface area contributed by atoms with Crippen LogP contribution in [0, 0.1) is 19.7 Å². The van der Waals surface area contributed by atoms with Gasteiger partial charge in [-0.05, 0) is 48.5 Å². The van der Waals surface area contributed by atoms with Gasteiger partial charge < -0.3 is 20.1 Å². The average molecular weight is 635 g/mol. The van der Waals surface area contributed by atoms with Crippen molar-refractivity contribution in [1.29, 1.82) is 0 Å². The number of carbonyl (C=O) groups is 1. The fraction of sp³-hybridized carbons (Fsp3) is 0.129. The third kappa shape index (κ3) is 6.75. The van der Waals surface area contributed by atoms with E-state index in [-0.39, 0.29) is 5.56 Å². The molecule has 0 saturated heterocycles. The third-order valence-electron chi connectivity index (χ3n) is 6.77. The fourth-order valence-electron chi connectivity index (χ4n) is 4.51. The lowest BCUT2D eigenvalue weighted by Gasteiger charge is -2.06. The quantitative estimate of drug-likeness (QED) is 0.257. The van der Waals surface area contributed by atoms with E-state index in [4.69, 9.17) is 14.8 Å². The summed E-state index contributed by atoms with van der Waals surface area (Å²) in [6.07, 6.45) is 3.30. The van der Waals surface area contributed by atoms with E-state index >= 15 is 0 Å². The molecule has 0 aliphatic rings. The fourth-order valence-corrected chi connectivity index (χ4v) is 4.51. The molecule has 0 atom stereocenters. The van der Waals surface area contributed by atoms with Gasteiger partial charge in [0.05, 0.1) is 17.0 Å². The van der Waals surface area contributed by atoms with Crippen LogP contribution in [0.4, 0.5) is 16.0 Å². The molecule has 0 radical (unpaired) electrons. The summed E-state index contributed by atoms with van der Waals surface area (Å²) in [5, 5.41) is 19.0. The maximum atomic E-state index is 13.7. The van der Waals surface area contributed by atoms with Crippen LogP contribution in [-0.2, 0) is 14.1 Å². The van der Waals surface area contributed by atoms with Crippen LogP contribution in [0.5, 0.6) is 0 Å². The predicted molar refractivity (Wildman–Crippen MR) is 168 cm³/mol. The lowest BCUT2D eigenvalue weighted by Crippen LogP contribution is -2.14. The molecule has 0 fully saturated rings. The highest BCUT2D eigenvalue weighted by molar-refractivity contribution is 6.04. The van der Waals surface area contributed by atoms with E-state index in [2.05, 4.69) is 45.8 Å². The molecule has 3 N–H and O–H groups in total. The molecule has 6 heterocycles. The van der Waals surface area contributed by atoms with Crippen molar-refractivity contribution < 1.29 is 18.2 Å². The van der Waals surface area contributed by atoms with Crippen molar-refractivity contribution in [2.45, 2.75) is 13.8 Å². The molecule has 236 valence electrons. The van der Waals surface area contributed by atoms with Crippen molar-refractivity contribution in [3.05, 3.63) is 96.2 Å². The summed E-state index contributed by atoms with van der Waals surface area (Å²) < 4.78 is 27.1. The highest BCUT2D eigenvalue weighted by atomic mass is 19.1. The number of amides is 1. The number of benzene rings is 1. The number of nitrogens with zero attached hydrogens (tertiary/aromatic N) is 10. The summed E-state index contributed by atoms with van der Waals surface area (Å²) in [7, 11) is 3.64. The van der Waals surface area contributed by atoms with Crippen LogP contribution < -0.4 is 11.1 Å². The van der Waals surface area contributed by atoms with Crippen LogP contribution in [0.3, 0.4) is 0 Å². The molecule has 16 heteroatoms. The molecule has 6 aromatic heterocycles. The smallest absolute Gasteiger partial charge is 0.259 e. The van der Waals surface area contributed by atoms with E-state index in [0.29, 0.717) is 46.5 Å². The van der Waals surface area contributed by atoms with E-state index in [9.17, 15) is 9.18 Å². The van der Waals surface area contributed by atoms with Gasteiger partial charge in [-0.15, -0.1) is 0 Å². The minimum absolute atomic E-state index is 0.0416. The summed E-state index contributed by atoms with van der Waals surface area (Å²) in [4.78, 5) is 28.8. The van der Waals surface area contributed by atoms with Gasteiger partial charge in [0.2, 0.25) is 23.4 Å². The van der Waals surface area contributed by atoms with Crippen LogP contribution in [-0.4, -0.2) is 55.7 Å². The van der Waals surface area contributed by atoms with Gasteiger partial charge in [0.25, 0.3) is 5.91 Å². The predicted octanol–water partition coefficient (Wildman–Crippen LogP) is 4.65. The molecule has 7 rings (SSSR count). The number of rotatable bonds is 6. The molecular formula is C31H27FN12O3. The molecule has 0 saturated carbocycles. The molecule has 7 aromatic rings. The molecule has 47 heavy (non-hydrogen) atoms. The number of anilines is 2. The Labute approximate surface area is 266 Å².